The second-order valence-electron chi connectivity index (χ2n) is 24.2. The zero-order valence-electron chi connectivity index (χ0n) is 42.6. The molecule has 346 valence electrons. The summed E-state index contributed by atoms with van der Waals surface area (Å²) in [5.74, 6) is 1.86. The van der Waals surface area contributed by atoms with Gasteiger partial charge in [0.2, 0.25) is 0 Å². The van der Waals surface area contributed by atoms with Crippen LogP contribution in [0.4, 0.5) is 17.1 Å². The molecule has 0 spiro atoms. The number of hydrogen-bond donors (Lipinski definition) is 0. The molecule has 13 rings (SSSR count). The van der Waals surface area contributed by atoms with E-state index in [-0.39, 0.29) is 28.5 Å². The average Bonchev–Trinajstić information content (AvgIpc) is 3.97. The summed E-state index contributed by atoms with van der Waals surface area (Å²) >= 11 is 1.91. The Hall–Kier alpha value is -6.76. The van der Waals surface area contributed by atoms with Gasteiger partial charge in [-0.1, -0.05) is 141 Å². The fourth-order valence-corrected chi connectivity index (χ4v) is 13.2. The summed E-state index contributed by atoms with van der Waals surface area (Å²) in [5, 5.41) is 7.59. The Morgan fingerprint density at radius 2 is 1.03 bits per heavy atom. The number of nitrogens with zero attached hydrogens (tertiary/aromatic N) is 3. The standard InChI is InChI=1S/C64H60BN3OS/c1-61(2,3)37-25-28-40(29-26-37)66-49-30-27-38(62(4,5)6)31-46(49)65-58-52(66)32-39(63(7,8)9)33-54(58)69-55-36-53(60-57(59(55)65)43-21-15-18-24-56(43)70-60)67-47-22-16-13-19-41(47)44-35-51-45(34-50(44)67)42-20-14-17-23-48(42)68(51)64(10,11)12/h13-36H,1-12H3. The highest BCUT2D eigenvalue weighted by Crippen LogP contribution is 2.49. The third-order valence-electron chi connectivity index (χ3n) is 15.5. The van der Waals surface area contributed by atoms with Crippen molar-refractivity contribution in [3.63, 3.8) is 0 Å². The Morgan fingerprint density at radius 3 is 1.71 bits per heavy atom. The smallest absolute Gasteiger partial charge is 0.257 e. The van der Waals surface area contributed by atoms with Crippen molar-refractivity contribution in [2.45, 2.75) is 105 Å². The molecule has 2 aliphatic rings. The van der Waals surface area contributed by atoms with Crippen molar-refractivity contribution >= 4 is 115 Å². The van der Waals surface area contributed by atoms with Crippen molar-refractivity contribution in [3.05, 3.63) is 162 Å². The number of ether oxygens (including phenoxy) is 1. The van der Waals surface area contributed by atoms with E-state index < -0.39 is 0 Å². The molecular weight excluding hydrogens is 870 g/mol. The number of benzene rings is 8. The molecule has 8 aromatic carbocycles. The second-order valence-corrected chi connectivity index (χ2v) is 25.3. The lowest BCUT2D eigenvalue weighted by Gasteiger charge is -2.42. The van der Waals surface area contributed by atoms with Crippen LogP contribution in [-0.2, 0) is 21.8 Å². The Labute approximate surface area is 416 Å². The summed E-state index contributed by atoms with van der Waals surface area (Å²) in [5.41, 5.74) is 17.0. The van der Waals surface area contributed by atoms with Gasteiger partial charge in [0, 0.05) is 71.2 Å². The van der Waals surface area contributed by atoms with Crippen LogP contribution in [0.25, 0.3) is 69.5 Å². The molecule has 0 saturated carbocycles. The zero-order valence-corrected chi connectivity index (χ0v) is 43.4. The molecule has 3 aromatic heterocycles. The second kappa shape index (κ2) is 14.4. The highest BCUT2D eigenvalue weighted by molar-refractivity contribution is 7.26. The lowest BCUT2D eigenvalue weighted by molar-refractivity contribution is 0.423. The molecule has 0 fully saturated rings. The van der Waals surface area contributed by atoms with Crippen LogP contribution in [0.1, 0.15) is 99.8 Å². The normalized spacial score (nSPS) is 14.1. The van der Waals surface area contributed by atoms with E-state index in [2.05, 4.69) is 243 Å². The van der Waals surface area contributed by atoms with Gasteiger partial charge in [-0.15, -0.1) is 11.3 Å². The van der Waals surface area contributed by atoms with Crippen molar-refractivity contribution in [2.75, 3.05) is 4.90 Å². The monoisotopic (exact) mass is 929 g/mol. The van der Waals surface area contributed by atoms with E-state index in [1.54, 1.807) is 0 Å². The summed E-state index contributed by atoms with van der Waals surface area (Å²) < 4.78 is 15.3. The minimum absolute atomic E-state index is 0.0413. The van der Waals surface area contributed by atoms with Crippen LogP contribution in [0.15, 0.2) is 146 Å². The van der Waals surface area contributed by atoms with Gasteiger partial charge in [0.1, 0.15) is 11.5 Å². The molecule has 0 N–H and O–H groups in total. The number of anilines is 3. The third kappa shape index (κ3) is 6.21. The van der Waals surface area contributed by atoms with Gasteiger partial charge < -0.3 is 18.8 Å². The van der Waals surface area contributed by atoms with Gasteiger partial charge in [-0.05, 0) is 131 Å². The van der Waals surface area contributed by atoms with Gasteiger partial charge >= 0.3 is 0 Å². The van der Waals surface area contributed by atoms with Crippen LogP contribution in [0, 0.1) is 0 Å². The Morgan fingerprint density at radius 1 is 0.443 bits per heavy atom. The minimum Gasteiger partial charge on any atom is -0.458 e. The van der Waals surface area contributed by atoms with Gasteiger partial charge in [-0.3, -0.25) is 0 Å². The fraction of sp³-hybridized carbons (Fsp3) is 0.250. The first kappa shape index (κ1) is 43.3. The quantitative estimate of drug-likeness (QED) is 0.161. The highest BCUT2D eigenvalue weighted by Gasteiger charge is 2.45. The molecule has 0 atom stereocenters. The summed E-state index contributed by atoms with van der Waals surface area (Å²) in [4.78, 5) is 2.53. The number of hydrogen-bond acceptors (Lipinski definition) is 3. The summed E-state index contributed by atoms with van der Waals surface area (Å²) in [6.07, 6.45) is 0. The van der Waals surface area contributed by atoms with Gasteiger partial charge in [0.05, 0.1) is 26.9 Å². The maximum atomic E-state index is 7.64. The first-order valence-corrected chi connectivity index (χ1v) is 25.9. The topological polar surface area (TPSA) is 22.3 Å². The van der Waals surface area contributed by atoms with E-state index in [0.717, 1.165) is 22.9 Å². The molecule has 0 bridgehead atoms. The maximum absolute atomic E-state index is 7.64. The Bertz CT molecular complexity index is 4020. The first-order valence-electron chi connectivity index (χ1n) is 25.1. The van der Waals surface area contributed by atoms with Crippen molar-refractivity contribution in [1.82, 2.24) is 9.13 Å². The average molecular weight is 930 g/mol. The van der Waals surface area contributed by atoms with E-state index in [0.29, 0.717) is 0 Å². The molecule has 70 heavy (non-hydrogen) atoms. The number of para-hydroxylation sites is 2. The van der Waals surface area contributed by atoms with E-state index in [9.17, 15) is 0 Å². The van der Waals surface area contributed by atoms with Crippen molar-refractivity contribution < 1.29 is 4.74 Å². The van der Waals surface area contributed by atoms with E-state index in [4.69, 9.17) is 4.74 Å². The van der Waals surface area contributed by atoms with Gasteiger partial charge in [-0.2, -0.15) is 0 Å². The van der Waals surface area contributed by atoms with Crippen molar-refractivity contribution in [3.8, 4) is 17.2 Å². The summed E-state index contributed by atoms with van der Waals surface area (Å²) in [7, 11) is 0. The Balaban J connectivity index is 1.15. The van der Waals surface area contributed by atoms with Crippen LogP contribution in [0.2, 0.25) is 0 Å². The molecule has 4 nitrogen and oxygen atoms in total. The lowest BCUT2D eigenvalue weighted by Crippen LogP contribution is -2.60. The molecular formula is C64H60BN3OS. The SMILES string of the molecule is CC(C)(C)c1ccc(N2c3ccc(C(C)(C)C)cc3B3c4c(cc(C(C)(C)C)cc42)Oc2cc(-n4c5ccccc5c5cc6c(cc54)c4ccccc4n6C(C)(C)C)c4sc5ccccc5c4c23)cc1. The van der Waals surface area contributed by atoms with Crippen LogP contribution in [0.5, 0.6) is 11.5 Å². The molecule has 11 aromatic rings. The number of aromatic nitrogens is 2. The van der Waals surface area contributed by atoms with Crippen LogP contribution >= 0.6 is 11.3 Å². The molecule has 0 radical (unpaired) electrons. The van der Waals surface area contributed by atoms with Crippen LogP contribution in [0.3, 0.4) is 0 Å². The number of thiophene rings is 1. The number of fused-ring (bicyclic) bond motifs is 14. The maximum Gasteiger partial charge on any atom is 0.257 e. The van der Waals surface area contributed by atoms with Crippen LogP contribution < -0.4 is 26.0 Å². The molecule has 5 heterocycles. The highest BCUT2D eigenvalue weighted by atomic mass is 32.1. The fourth-order valence-electron chi connectivity index (χ4n) is 12.0. The molecule has 0 saturated heterocycles. The van der Waals surface area contributed by atoms with E-state index in [1.165, 1.54) is 108 Å². The van der Waals surface area contributed by atoms with Crippen LogP contribution in [-0.4, -0.2) is 15.8 Å². The van der Waals surface area contributed by atoms with Crippen molar-refractivity contribution in [2.24, 2.45) is 0 Å². The molecule has 6 heteroatoms. The predicted octanol–water partition coefficient (Wildman–Crippen LogP) is 16.3. The lowest BCUT2D eigenvalue weighted by atomic mass is 9.33. The summed E-state index contributed by atoms with van der Waals surface area (Å²) in [6, 6.07) is 55.7. The molecule has 2 aliphatic heterocycles. The molecule has 0 aliphatic carbocycles. The summed E-state index contributed by atoms with van der Waals surface area (Å²) in [6.45, 7) is 27.7. The Kier molecular flexibility index (Phi) is 8.92. The van der Waals surface area contributed by atoms with E-state index >= 15 is 0 Å². The largest absolute Gasteiger partial charge is 0.458 e. The molecule has 0 unspecified atom stereocenters. The first-order chi connectivity index (χ1) is 33.3. The van der Waals surface area contributed by atoms with E-state index in [1.807, 2.05) is 11.3 Å². The van der Waals surface area contributed by atoms with Gasteiger partial charge in [0.15, 0.2) is 0 Å². The molecule has 0 amide bonds. The zero-order chi connectivity index (χ0) is 48.6. The van der Waals surface area contributed by atoms with Gasteiger partial charge in [0.25, 0.3) is 6.71 Å². The minimum atomic E-state index is -0.133. The predicted molar refractivity (Wildman–Crippen MR) is 304 cm³/mol. The number of rotatable bonds is 2. The third-order valence-corrected chi connectivity index (χ3v) is 16.7. The van der Waals surface area contributed by atoms with Crippen molar-refractivity contribution in [1.29, 1.82) is 0 Å². The van der Waals surface area contributed by atoms with Gasteiger partial charge in [-0.25, -0.2) is 0 Å².